The van der Waals surface area contributed by atoms with Gasteiger partial charge in [0.05, 0.1) is 18.2 Å². The van der Waals surface area contributed by atoms with Gasteiger partial charge in [-0.1, -0.05) is 62.9 Å². The molecule has 1 aromatic carbocycles. The summed E-state index contributed by atoms with van der Waals surface area (Å²) in [6.07, 6.45) is 3.61. The minimum atomic E-state index is -1.44. The number of aliphatic hydroxyl groups excluding tert-OH is 2. The summed E-state index contributed by atoms with van der Waals surface area (Å²) >= 11 is 0. The molecular formula is C26H39N3O6. The topological polar surface area (TPSA) is 128 Å². The highest BCUT2D eigenvalue weighted by Crippen LogP contribution is 2.21. The van der Waals surface area contributed by atoms with E-state index in [4.69, 9.17) is 4.74 Å². The molecule has 1 aliphatic carbocycles. The van der Waals surface area contributed by atoms with Crippen LogP contribution in [0.1, 0.15) is 70.3 Å². The van der Waals surface area contributed by atoms with Gasteiger partial charge in [0, 0.05) is 6.54 Å². The number of amides is 3. The second-order valence-corrected chi connectivity index (χ2v) is 9.56. The van der Waals surface area contributed by atoms with Crippen LogP contribution in [0.4, 0.5) is 4.79 Å². The van der Waals surface area contributed by atoms with Crippen LogP contribution in [-0.4, -0.2) is 69.9 Å². The SMILES string of the molecule is CCCC[C@H](NC(=O)[C@@H]1CCCN1C(=O)OCc1ccccc1)[C@H](O)C(=O)N[C@H]1CCCC[C@@H]1O. The Kier molecular flexibility index (Phi) is 10.3. The first kappa shape index (κ1) is 26.9. The van der Waals surface area contributed by atoms with Gasteiger partial charge in [-0.3, -0.25) is 14.5 Å². The van der Waals surface area contributed by atoms with Crippen LogP contribution in [0.5, 0.6) is 0 Å². The predicted octanol–water partition coefficient (Wildman–Crippen LogP) is 2.24. The lowest BCUT2D eigenvalue weighted by Gasteiger charge is -2.31. The lowest BCUT2D eigenvalue weighted by Crippen LogP contribution is -2.57. The van der Waals surface area contributed by atoms with Gasteiger partial charge in [-0.25, -0.2) is 4.79 Å². The third-order valence-electron chi connectivity index (χ3n) is 6.90. The third kappa shape index (κ3) is 7.67. The van der Waals surface area contributed by atoms with Crippen LogP contribution in [0, 0.1) is 0 Å². The molecule has 0 aromatic heterocycles. The van der Waals surface area contributed by atoms with Crippen LogP contribution < -0.4 is 10.6 Å². The van der Waals surface area contributed by atoms with Gasteiger partial charge in [0.1, 0.15) is 12.6 Å². The number of nitrogens with zero attached hydrogens (tertiary/aromatic N) is 1. The minimum Gasteiger partial charge on any atom is -0.445 e. The van der Waals surface area contributed by atoms with E-state index in [0.717, 1.165) is 31.2 Å². The highest BCUT2D eigenvalue weighted by molar-refractivity contribution is 5.88. The van der Waals surface area contributed by atoms with Crippen LogP contribution in [0.3, 0.4) is 0 Å². The van der Waals surface area contributed by atoms with Gasteiger partial charge < -0.3 is 25.6 Å². The average Bonchev–Trinajstić information content (AvgIpc) is 3.37. The Morgan fingerprint density at radius 2 is 1.86 bits per heavy atom. The summed E-state index contributed by atoms with van der Waals surface area (Å²) in [6.45, 7) is 2.52. The maximum absolute atomic E-state index is 13.1. The molecule has 194 valence electrons. The van der Waals surface area contributed by atoms with Crippen LogP contribution in [0.25, 0.3) is 0 Å². The zero-order valence-corrected chi connectivity index (χ0v) is 20.5. The lowest BCUT2D eigenvalue weighted by atomic mass is 9.92. The maximum Gasteiger partial charge on any atom is 0.410 e. The molecule has 0 bridgehead atoms. The molecule has 0 radical (unpaired) electrons. The number of rotatable bonds is 10. The van der Waals surface area contributed by atoms with E-state index in [1.165, 1.54) is 4.90 Å². The summed E-state index contributed by atoms with van der Waals surface area (Å²) in [4.78, 5) is 40.0. The quantitative estimate of drug-likeness (QED) is 0.399. The van der Waals surface area contributed by atoms with E-state index in [-0.39, 0.29) is 6.61 Å². The van der Waals surface area contributed by atoms with Gasteiger partial charge in [-0.2, -0.15) is 0 Å². The fraction of sp³-hybridized carbons (Fsp3) is 0.654. The second-order valence-electron chi connectivity index (χ2n) is 9.56. The van der Waals surface area contributed by atoms with Crippen molar-refractivity contribution in [1.29, 1.82) is 0 Å². The normalized spacial score (nSPS) is 23.9. The number of aliphatic hydroxyl groups is 2. The molecular weight excluding hydrogens is 450 g/mol. The molecule has 3 rings (SSSR count). The molecule has 5 atom stereocenters. The van der Waals surface area contributed by atoms with E-state index in [0.29, 0.717) is 38.6 Å². The highest BCUT2D eigenvalue weighted by Gasteiger charge is 2.38. The van der Waals surface area contributed by atoms with Crippen molar-refractivity contribution in [3.63, 3.8) is 0 Å². The maximum atomic E-state index is 13.1. The zero-order chi connectivity index (χ0) is 25.2. The largest absolute Gasteiger partial charge is 0.445 e. The summed E-state index contributed by atoms with van der Waals surface area (Å²) in [5.74, 6) is -0.993. The zero-order valence-electron chi connectivity index (χ0n) is 20.5. The molecule has 1 heterocycles. The van der Waals surface area contributed by atoms with Crippen molar-refractivity contribution in [3.8, 4) is 0 Å². The number of carbonyl (C=O) groups is 3. The van der Waals surface area contributed by atoms with Crippen LogP contribution in [0.15, 0.2) is 30.3 Å². The number of ether oxygens (including phenoxy) is 1. The summed E-state index contributed by atoms with van der Waals surface area (Å²) in [6, 6.07) is 7.44. The lowest BCUT2D eigenvalue weighted by molar-refractivity contribution is -0.135. The summed E-state index contributed by atoms with van der Waals surface area (Å²) in [5.41, 5.74) is 0.859. The molecule has 1 saturated carbocycles. The smallest absolute Gasteiger partial charge is 0.410 e. The molecule has 0 unspecified atom stereocenters. The Morgan fingerprint density at radius 1 is 1.11 bits per heavy atom. The molecule has 2 fully saturated rings. The fourth-order valence-corrected chi connectivity index (χ4v) is 4.80. The molecule has 1 saturated heterocycles. The van der Waals surface area contributed by atoms with Crippen molar-refractivity contribution in [3.05, 3.63) is 35.9 Å². The molecule has 4 N–H and O–H groups in total. The van der Waals surface area contributed by atoms with E-state index in [1.54, 1.807) is 0 Å². The highest BCUT2D eigenvalue weighted by atomic mass is 16.6. The number of unbranched alkanes of at least 4 members (excludes halogenated alkanes) is 1. The Hall–Kier alpha value is -2.65. The Morgan fingerprint density at radius 3 is 2.57 bits per heavy atom. The molecule has 2 aliphatic rings. The Labute approximate surface area is 207 Å². The van der Waals surface area contributed by atoms with E-state index in [9.17, 15) is 24.6 Å². The van der Waals surface area contributed by atoms with Gasteiger partial charge in [-0.15, -0.1) is 0 Å². The molecule has 9 heteroatoms. The molecule has 3 amide bonds. The summed E-state index contributed by atoms with van der Waals surface area (Å²) in [7, 11) is 0. The van der Waals surface area contributed by atoms with E-state index in [2.05, 4.69) is 10.6 Å². The number of hydrogen-bond donors (Lipinski definition) is 4. The molecule has 1 aliphatic heterocycles. The van der Waals surface area contributed by atoms with Gasteiger partial charge in [-0.05, 0) is 37.7 Å². The molecule has 0 spiro atoms. The van der Waals surface area contributed by atoms with Gasteiger partial charge >= 0.3 is 6.09 Å². The van der Waals surface area contributed by atoms with Crippen LogP contribution >= 0.6 is 0 Å². The first-order valence-electron chi connectivity index (χ1n) is 12.8. The number of benzene rings is 1. The second kappa shape index (κ2) is 13.4. The number of likely N-dealkylation sites (tertiary alicyclic amines) is 1. The fourth-order valence-electron chi connectivity index (χ4n) is 4.80. The first-order chi connectivity index (χ1) is 16.9. The van der Waals surface area contributed by atoms with E-state index in [1.807, 2.05) is 37.3 Å². The summed E-state index contributed by atoms with van der Waals surface area (Å²) in [5, 5.41) is 26.5. The number of carbonyl (C=O) groups excluding carboxylic acids is 3. The summed E-state index contributed by atoms with van der Waals surface area (Å²) < 4.78 is 5.41. The van der Waals surface area contributed by atoms with Crippen molar-refractivity contribution in [1.82, 2.24) is 15.5 Å². The van der Waals surface area contributed by atoms with Crippen molar-refractivity contribution in [2.45, 2.75) is 102 Å². The van der Waals surface area contributed by atoms with Crippen molar-refractivity contribution in [2.75, 3.05) is 6.54 Å². The Balaban J connectivity index is 1.58. The van der Waals surface area contributed by atoms with Crippen LogP contribution in [0.2, 0.25) is 0 Å². The average molecular weight is 490 g/mol. The monoisotopic (exact) mass is 489 g/mol. The molecule has 1 aromatic rings. The Bertz CT molecular complexity index is 836. The van der Waals surface area contributed by atoms with Crippen molar-refractivity contribution >= 4 is 17.9 Å². The standard InChI is InChI=1S/C26H39N3O6/c1-2-3-12-20(23(31)25(33)27-19-13-7-8-15-22(19)30)28-24(32)21-14-9-16-29(21)26(34)35-17-18-10-5-4-6-11-18/h4-6,10-11,19-23,30-31H,2-3,7-9,12-17H2,1H3,(H,27,33)(H,28,32)/t19-,20-,21-,22-,23-/m0/s1. The van der Waals surface area contributed by atoms with Gasteiger partial charge in [0.15, 0.2) is 6.10 Å². The third-order valence-corrected chi connectivity index (χ3v) is 6.90. The van der Waals surface area contributed by atoms with E-state index < -0.39 is 48.2 Å². The minimum absolute atomic E-state index is 0.121. The molecule has 35 heavy (non-hydrogen) atoms. The predicted molar refractivity (Wildman–Crippen MR) is 130 cm³/mol. The number of nitrogens with one attached hydrogen (secondary N) is 2. The van der Waals surface area contributed by atoms with E-state index >= 15 is 0 Å². The van der Waals surface area contributed by atoms with Crippen molar-refractivity contribution in [2.24, 2.45) is 0 Å². The number of hydrogen-bond acceptors (Lipinski definition) is 6. The first-order valence-corrected chi connectivity index (χ1v) is 12.8. The van der Waals surface area contributed by atoms with Gasteiger partial charge in [0.2, 0.25) is 5.91 Å². The van der Waals surface area contributed by atoms with Crippen molar-refractivity contribution < 1.29 is 29.3 Å². The van der Waals surface area contributed by atoms with Crippen LogP contribution in [-0.2, 0) is 20.9 Å². The van der Waals surface area contributed by atoms with Gasteiger partial charge in [0.25, 0.3) is 5.91 Å². The molecule has 9 nitrogen and oxygen atoms in total.